The molecule has 0 bridgehead atoms. The van der Waals surface area contributed by atoms with E-state index in [1.807, 2.05) is 0 Å². The summed E-state index contributed by atoms with van der Waals surface area (Å²) in [6, 6.07) is 5.08. The van der Waals surface area contributed by atoms with Gasteiger partial charge < -0.3 is 14.8 Å². The molecule has 0 fully saturated rings. The zero-order valence-corrected chi connectivity index (χ0v) is 14.7. The van der Waals surface area contributed by atoms with Gasteiger partial charge in [0.05, 0.1) is 13.7 Å². The van der Waals surface area contributed by atoms with Gasteiger partial charge in [0.25, 0.3) is 0 Å². The summed E-state index contributed by atoms with van der Waals surface area (Å²) in [5.74, 6) is 1.11. The van der Waals surface area contributed by atoms with Crippen molar-refractivity contribution in [3.05, 3.63) is 23.8 Å². The standard InChI is InChI=1S/C18H27NO4/c1-13(20)14-8-9-15(16(11-14)22-5)23-10-6-7-17(21)19-12-18(2,3)4/h8-9,11H,6-7,10,12H2,1-5H3,(H,19,21). The fourth-order valence-corrected chi connectivity index (χ4v) is 1.87. The minimum atomic E-state index is -0.0228. The maximum absolute atomic E-state index is 11.7. The maximum atomic E-state index is 11.7. The van der Waals surface area contributed by atoms with Crippen LogP contribution in [-0.2, 0) is 4.79 Å². The third kappa shape index (κ3) is 7.17. The average Bonchev–Trinajstić information content (AvgIpc) is 2.48. The van der Waals surface area contributed by atoms with Gasteiger partial charge in [0.15, 0.2) is 17.3 Å². The first-order valence-corrected chi connectivity index (χ1v) is 7.81. The number of hydrogen-bond donors (Lipinski definition) is 1. The normalized spacial score (nSPS) is 11.0. The lowest BCUT2D eigenvalue weighted by atomic mass is 9.97. The van der Waals surface area contributed by atoms with E-state index in [-0.39, 0.29) is 17.1 Å². The number of ketones is 1. The number of carbonyl (C=O) groups is 2. The summed E-state index contributed by atoms with van der Waals surface area (Å²) >= 11 is 0. The molecule has 0 unspecified atom stereocenters. The first kappa shape index (κ1) is 19.0. The predicted octanol–water partition coefficient (Wildman–Crippen LogP) is 3.22. The topological polar surface area (TPSA) is 64.6 Å². The van der Waals surface area contributed by atoms with Crippen molar-refractivity contribution in [2.75, 3.05) is 20.3 Å². The van der Waals surface area contributed by atoms with Crippen molar-refractivity contribution in [1.82, 2.24) is 5.32 Å². The van der Waals surface area contributed by atoms with Crippen LogP contribution in [0.4, 0.5) is 0 Å². The highest BCUT2D eigenvalue weighted by Crippen LogP contribution is 2.28. The molecule has 0 aromatic heterocycles. The van der Waals surface area contributed by atoms with Gasteiger partial charge in [-0.15, -0.1) is 0 Å². The molecule has 1 aromatic rings. The van der Waals surface area contributed by atoms with Gasteiger partial charge in [0.1, 0.15) is 0 Å². The van der Waals surface area contributed by atoms with Crippen molar-refractivity contribution in [3.8, 4) is 11.5 Å². The summed E-state index contributed by atoms with van der Waals surface area (Å²) < 4.78 is 10.9. The van der Waals surface area contributed by atoms with Crippen LogP contribution >= 0.6 is 0 Å². The molecule has 0 radical (unpaired) electrons. The number of benzene rings is 1. The Morgan fingerprint density at radius 3 is 2.43 bits per heavy atom. The van der Waals surface area contributed by atoms with Crippen molar-refractivity contribution in [1.29, 1.82) is 0 Å². The zero-order valence-electron chi connectivity index (χ0n) is 14.7. The number of methoxy groups -OCH3 is 1. The molecule has 0 saturated heterocycles. The third-order valence-electron chi connectivity index (χ3n) is 3.19. The van der Waals surface area contributed by atoms with Gasteiger partial charge in [0.2, 0.25) is 5.91 Å². The Hall–Kier alpha value is -2.04. The van der Waals surface area contributed by atoms with Crippen LogP contribution in [0.1, 0.15) is 50.9 Å². The van der Waals surface area contributed by atoms with Crippen molar-refractivity contribution < 1.29 is 19.1 Å². The second-order valence-electron chi connectivity index (χ2n) is 6.71. The number of ether oxygens (including phenoxy) is 2. The van der Waals surface area contributed by atoms with Crippen molar-refractivity contribution >= 4 is 11.7 Å². The van der Waals surface area contributed by atoms with Gasteiger partial charge in [-0.2, -0.15) is 0 Å². The lowest BCUT2D eigenvalue weighted by molar-refractivity contribution is -0.121. The van der Waals surface area contributed by atoms with Crippen LogP contribution in [0.25, 0.3) is 0 Å². The molecular weight excluding hydrogens is 294 g/mol. The molecular formula is C18H27NO4. The lowest BCUT2D eigenvalue weighted by Gasteiger charge is -2.18. The second-order valence-corrected chi connectivity index (χ2v) is 6.71. The SMILES string of the molecule is COc1cc(C(C)=O)ccc1OCCCC(=O)NCC(C)(C)C. The smallest absolute Gasteiger partial charge is 0.220 e. The Morgan fingerprint density at radius 1 is 1.17 bits per heavy atom. The number of amides is 1. The fourth-order valence-electron chi connectivity index (χ4n) is 1.87. The molecule has 0 aliphatic rings. The number of Topliss-reactive ketones (excluding diaryl/α,β-unsaturated/α-hetero) is 1. The molecule has 128 valence electrons. The Morgan fingerprint density at radius 2 is 1.87 bits per heavy atom. The summed E-state index contributed by atoms with van der Waals surface area (Å²) in [5, 5.41) is 2.91. The Balaban J connectivity index is 2.41. The molecule has 1 aromatic carbocycles. The van der Waals surface area contributed by atoms with Crippen molar-refractivity contribution in [3.63, 3.8) is 0 Å². The molecule has 0 saturated carbocycles. The third-order valence-corrected chi connectivity index (χ3v) is 3.19. The minimum Gasteiger partial charge on any atom is -0.493 e. The monoisotopic (exact) mass is 321 g/mol. The summed E-state index contributed by atoms with van der Waals surface area (Å²) in [6.45, 7) is 8.81. The zero-order chi connectivity index (χ0) is 17.5. The highest BCUT2D eigenvalue weighted by Gasteiger charge is 2.12. The summed E-state index contributed by atoms with van der Waals surface area (Å²) in [4.78, 5) is 23.1. The van der Waals surface area contributed by atoms with Crippen LogP contribution in [0.2, 0.25) is 0 Å². The Labute approximate surface area is 138 Å². The second kappa shape index (κ2) is 8.56. The molecule has 0 aliphatic heterocycles. The largest absolute Gasteiger partial charge is 0.493 e. The van der Waals surface area contributed by atoms with Crippen LogP contribution in [0.5, 0.6) is 11.5 Å². The number of nitrogens with one attached hydrogen (secondary N) is 1. The van der Waals surface area contributed by atoms with Crippen LogP contribution < -0.4 is 14.8 Å². The summed E-state index contributed by atoms with van der Waals surface area (Å²) in [5.41, 5.74) is 0.661. The van der Waals surface area contributed by atoms with Crippen molar-refractivity contribution in [2.24, 2.45) is 5.41 Å². The summed E-state index contributed by atoms with van der Waals surface area (Å²) in [6.07, 6.45) is 1.04. The van der Waals surface area contributed by atoms with E-state index in [0.29, 0.717) is 43.1 Å². The van der Waals surface area contributed by atoms with E-state index in [1.165, 1.54) is 14.0 Å². The van der Waals surface area contributed by atoms with E-state index in [0.717, 1.165) is 0 Å². The molecule has 0 atom stereocenters. The Kier molecular flexibility index (Phi) is 7.07. The van der Waals surface area contributed by atoms with E-state index in [2.05, 4.69) is 26.1 Å². The number of carbonyl (C=O) groups excluding carboxylic acids is 2. The van der Waals surface area contributed by atoms with E-state index in [1.54, 1.807) is 18.2 Å². The van der Waals surface area contributed by atoms with Gasteiger partial charge in [-0.1, -0.05) is 20.8 Å². The molecule has 0 heterocycles. The Bertz CT molecular complexity index is 546. The van der Waals surface area contributed by atoms with Gasteiger partial charge >= 0.3 is 0 Å². The first-order chi connectivity index (χ1) is 10.7. The molecule has 5 heteroatoms. The van der Waals surface area contributed by atoms with Crippen molar-refractivity contribution in [2.45, 2.75) is 40.5 Å². The van der Waals surface area contributed by atoms with E-state index >= 15 is 0 Å². The van der Waals surface area contributed by atoms with Crippen LogP contribution in [0, 0.1) is 5.41 Å². The van der Waals surface area contributed by atoms with Gasteiger partial charge in [-0.25, -0.2) is 0 Å². The molecule has 1 amide bonds. The summed E-state index contributed by atoms with van der Waals surface area (Å²) in [7, 11) is 1.53. The van der Waals surface area contributed by atoms with Crippen LogP contribution in [0.3, 0.4) is 0 Å². The van der Waals surface area contributed by atoms with Gasteiger partial charge in [-0.3, -0.25) is 9.59 Å². The first-order valence-electron chi connectivity index (χ1n) is 7.81. The molecule has 5 nitrogen and oxygen atoms in total. The fraction of sp³-hybridized carbons (Fsp3) is 0.556. The van der Waals surface area contributed by atoms with Gasteiger partial charge in [-0.05, 0) is 37.0 Å². The van der Waals surface area contributed by atoms with Crippen LogP contribution in [-0.4, -0.2) is 32.0 Å². The molecule has 1 N–H and O–H groups in total. The highest BCUT2D eigenvalue weighted by atomic mass is 16.5. The molecule has 0 aliphatic carbocycles. The van der Waals surface area contributed by atoms with Crippen LogP contribution in [0.15, 0.2) is 18.2 Å². The number of rotatable bonds is 8. The lowest BCUT2D eigenvalue weighted by Crippen LogP contribution is -2.32. The predicted molar refractivity (Wildman–Crippen MR) is 90.2 cm³/mol. The minimum absolute atomic E-state index is 0.0228. The van der Waals surface area contributed by atoms with Gasteiger partial charge in [0, 0.05) is 18.5 Å². The van der Waals surface area contributed by atoms with E-state index < -0.39 is 0 Å². The average molecular weight is 321 g/mol. The molecule has 0 spiro atoms. The number of hydrogen-bond acceptors (Lipinski definition) is 4. The quantitative estimate of drug-likeness (QED) is 0.590. The maximum Gasteiger partial charge on any atom is 0.220 e. The highest BCUT2D eigenvalue weighted by molar-refractivity contribution is 5.94. The van der Waals surface area contributed by atoms with E-state index in [9.17, 15) is 9.59 Å². The van der Waals surface area contributed by atoms with E-state index in [4.69, 9.17) is 9.47 Å². The molecule has 23 heavy (non-hydrogen) atoms. The molecule has 1 rings (SSSR count).